The summed E-state index contributed by atoms with van der Waals surface area (Å²) < 4.78 is 5.78. The standard InChI is InChI=1S/C24H30N4O3/c1-3-31-22-11-7-6-10-21(22)27-14-12-26(13-15-27)17-24(30)28-18(2)16-23(29)25-19-8-4-5-9-20(19)28/h4-11,18H,3,12-17H2,1-2H3,(H,25,29)/p+1/t18-/m1/s1. The van der Waals surface area contributed by atoms with E-state index in [4.69, 9.17) is 4.74 Å². The molecule has 2 aliphatic heterocycles. The van der Waals surface area contributed by atoms with Gasteiger partial charge in [-0.25, -0.2) is 0 Å². The molecule has 2 aromatic carbocycles. The van der Waals surface area contributed by atoms with Crippen LogP contribution in [0.1, 0.15) is 20.3 Å². The molecule has 2 N–H and O–H groups in total. The lowest BCUT2D eigenvalue weighted by Gasteiger charge is -2.35. The summed E-state index contributed by atoms with van der Waals surface area (Å²) >= 11 is 0. The number of para-hydroxylation sites is 4. The Morgan fingerprint density at radius 3 is 2.52 bits per heavy atom. The Bertz CT molecular complexity index is 940. The van der Waals surface area contributed by atoms with E-state index in [0.717, 1.165) is 43.3 Å². The lowest BCUT2D eigenvalue weighted by atomic mass is 10.1. The number of anilines is 3. The minimum atomic E-state index is -0.171. The fourth-order valence-electron chi connectivity index (χ4n) is 4.50. The highest BCUT2D eigenvalue weighted by molar-refractivity contribution is 6.04. The largest absolute Gasteiger partial charge is 0.492 e. The van der Waals surface area contributed by atoms with E-state index >= 15 is 0 Å². The van der Waals surface area contributed by atoms with Crippen LogP contribution in [0.15, 0.2) is 48.5 Å². The average molecular weight is 424 g/mol. The molecule has 31 heavy (non-hydrogen) atoms. The van der Waals surface area contributed by atoms with Gasteiger partial charge in [0.2, 0.25) is 5.91 Å². The first-order valence-electron chi connectivity index (χ1n) is 11.1. The molecule has 4 rings (SSSR count). The summed E-state index contributed by atoms with van der Waals surface area (Å²) in [5.74, 6) is 0.926. The van der Waals surface area contributed by atoms with Gasteiger partial charge in [0, 0.05) is 12.5 Å². The molecule has 1 saturated heterocycles. The van der Waals surface area contributed by atoms with E-state index in [-0.39, 0.29) is 17.9 Å². The minimum absolute atomic E-state index is 0.0517. The van der Waals surface area contributed by atoms with E-state index in [1.165, 1.54) is 4.90 Å². The number of benzene rings is 2. The molecule has 2 aromatic rings. The van der Waals surface area contributed by atoms with Crippen LogP contribution < -0.4 is 24.8 Å². The van der Waals surface area contributed by atoms with Crippen molar-refractivity contribution in [1.82, 2.24) is 0 Å². The van der Waals surface area contributed by atoms with Crippen LogP contribution in [-0.4, -0.2) is 57.2 Å². The van der Waals surface area contributed by atoms with Gasteiger partial charge in [0.05, 0.1) is 49.8 Å². The first-order valence-corrected chi connectivity index (χ1v) is 11.1. The van der Waals surface area contributed by atoms with Crippen molar-refractivity contribution < 1.29 is 19.2 Å². The number of carbonyl (C=O) groups excluding carboxylic acids is 2. The number of quaternary nitrogens is 1. The normalized spacial score (nSPS) is 19.4. The summed E-state index contributed by atoms with van der Waals surface area (Å²) in [4.78, 5) is 30.9. The lowest BCUT2D eigenvalue weighted by molar-refractivity contribution is -0.892. The highest BCUT2D eigenvalue weighted by Gasteiger charge is 2.32. The zero-order valence-electron chi connectivity index (χ0n) is 18.3. The number of nitrogens with one attached hydrogen (secondary N) is 2. The van der Waals surface area contributed by atoms with Crippen molar-refractivity contribution in [3.05, 3.63) is 48.5 Å². The Morgan fingerprint density at radius 2 is 1.77 bits per heavy atom. The van der Waals surface area contributed by atoms with E-state index in [0.29, 0.717) is 25.3 Å². The quantitative estimate of drug-likeness (QED) is 0.766. The predicted octanol–water partition coefficient (Wildman–Crippen LogP) is 1.55. The molecule has 7 nitrogen and oxygen atoms in total. The average Bonchev–Trinajstić information content (AvgIpc) is 2.89. The molecule has 0 spiro atoms. The van der Waals surface area contributed by atoms with Crippen LogP contribution in [-0.2, 0) is 9.59 Å². The molecule has 7 heteroatoms. The Labute approximate surface area is 183 Å². The molecule has 0 aromatic heterocycles. The molecule has 0 saturated carbocycles. The first kappa shape index (κ1) is 21.2. The Balaban J connectivity index is 1.42. The van der Waals surface area contributed by atoms with Crippen LogP contribution in [0.4, 0.5) is 17.1 Å². The van der Waals surface area contributed by atoms with Crippen LogP contribution in [0.25, 0.3) is 0 Å². The molecule has 1 fully saturated rings. The third kappa shape index (κ3) is 4.66. The molecule has 2 amide bonds. The van der Waals surface area contributed by atoms with E-state index in [2.05, 4.69) is 16.3 Å². The Kier molecular flexibility index (Phi) is 6.42. The smallest absolute Gasteiger partial charge is 0.282 e. The summed E-state index contributed by atoms with van der Waals surface area (Å²) in [7, 11) is 0. The molecule has 0 unspecified atom stereocenters. The highest BCUT2D eigenvalue weighted by atomic mass is 16.5. The Hall–Kier alpha value is -3.06. The SMILES string of the molecule is CCOc1ccccc1N1CC[NH+](CC(=O)N2c3ccccc3NC(=O)C[C@H]2C)CC1. The van der Waals surface area contributed by atoms with Crippen molar-refractivity contribution in [2.24, 2.45) is 0 Å². The maximum absolute atomic E-state index is 13.3. The van der Waals surface area contributed by atoms with Gasteiger partial charge in [-0.2, -0.15) is 0 Å². The van der Waals surface area contributed by atoms with Crippen molar-refractivity contribution in [2.45, 2.75) is 26.3 Å². The second-order valence-corrected chi connectivity index (χ2v) is 8.20. The number of fused-ring (bicyclic) bond motifs is 1. The van der Waals surface area contributed by atoms with Crippen molar-refractivity contribution in [1.29, 1.82) is 0 Å². The molecular formula is C24H31N4O3+. The topological polar surface area (TPSA) is 66.3 Å². The molecule has 0 aliphatic carbocycles. The zero-order chi connectivity index (χ0) is 21.8. The maximum atomic E-state index is 13.3. The van der Waals surface area contributed by atoms with Gasteiger partial charge in [-0.1, -0.05) is 24.3 Å². The summed E-state index contributed by atoms with van der Waals surface area (Å²) in [6, 6.07) is 15.5. The minimum Gasteiger partial charge on any atom is -0.492 e. The highest BCUT2D eigenvalue weighted by Crippen LogP contribution is 2.31. The number of hydrogen-bond acceptors (Lipinski definition) is 4. The van der Waals surface area contributed by atoms with Crippen LogP contribution in [0.5, 0.6) is 5.75 Å². The fourth-order valence-corrected chi connectivity index (χ4v) is 4.50. The summed E-state index contributed by atoms with van der Waals surface area (Å²) in [6.45, 7) is 8.52. The van der Waals surface area contributed by atoms with Crippen LogP contribution in [0.2, 0.25) is 0 Å². The zero-order valence-corrected chi connectivity index (χ0v) is 18.3. The number of carbonyl (C=O) groups is 2. The molecular weight excluding hydrogens is 392 g/mol. The molecule has 0 bridgehead atoms. The second-order valence-electron chi connectivity index (χ2n) is 8.20. The molecule has 2 aliphatic rings. The van der Waals surface area contributed by atoms with E-state index < -0.39 is 0 Å². The van der Waals surface area contributed by atoms with E-state index in [9.17, 15) is 9.59 Å². The van der Waals surface area contributed by atoms with Crippen LogP contribution >= 0.6 is 0 Å². The van der Waals surface area contributed by atoms with Gasteiger partial charge >= 0.3 is 0 Å². The molecule has 164 valence electrons. The van der Waals surface area contributed by atoms with Gasteiger partial charge in [-0.05, 0) is 38.1 Å². The number of ether oxygens (including phenoxy) is 1. The van der Waals surface area contributed by atoms with Crippen molar-refractivity contribution in [2.75, 3.05) is 54.4 Å². The maximum Gasteiger partial charge on any atom is 0.282 e. The van der Waals surface area contributed by atoms with Gasteiger partial charge in [0.25, 0.3) is 5.91 Å². The summed E-state index contributed by atoms with van der Waals surface area (Å²) in [5.41, 5.74) is 2.61. The van der Waals surface area contributed by atoms with Crippen LogP contribution in [0, 0.1) is 0 Å². The lowest BCUT2D eigenvalue weighted by Crippen LogP contribution is -3.16. The van der Waals surface area contributed by atoms with Crippen molar-refractivity contribution >= 4 is 28.9 Å². The summed E-state index contributed by atoms with van der Waals surface area (Å²) in [5, 5.41) is 2.92. The van der Waals surface area contributed by atoms with Gasteiger partial charge < -0.3 is 24.8 Å². The van der Waals surface area contributed by atoms with Crippen molar-refractivity contribution in [3.8, 4) is 5.75 Å². The first-order chi connectivity index (χ1) is 15.1. The van der Waals surface area contributed by atoms with Crippen LogP contribution in [0.3, 0.4) is 0 Å². The third-order valence-corrected chi connectivity index (χ3v) is 6.01. The van der Waals surface area contributed by atoms with Gasteiger partial charge in [0.1, 0.15) is 5.75 Å². The third-order valence-electron chi connectivity index (χ3n) is 6.01. The van der Waals surface area contributed by atoms with Gasteiger partial charge in [0.15, 0.2) is 6.54 Å². The summed E-state index contributed by atoms with van der Waals surface area (Å²) in [6.07, 6.45) is 0.303. The fraction of sp³-hybridized carbons (Fsp3) is 0.417. The van der Waals surface area contributed by atoms with Gasteiger partial charge in [-0.3, -0.25) is 9.59 Å². The number of amides is 2. The monoisotopic (exact) mass is 423 g/mol. The number of nitrogens with zero attached hydrogens (tertiary/aromatic N) is 2. The number of rotatable bonds is 5. The number of piperazine rings is 1. The van der Waals surface area contributed by atoms with E-state index in [1.54, 1.807) is 4.90 Å². The number of hydrogen-bond donors (Lipinski definition) is 2. The Morgan fingerprint density at radius 1 is 1.10 bits per heavy atom. The van der Waals surface area contributed by atoms with Gasteiger partial charge in [-0.15, -0.1) is 0 Å². The van der Waals surface area contributed by atoms with E-state index in [1.807, 2.05) is 56.3 Å². The molecule has 0 radical (unpaired) electrons. The second kappa shape index (κ2) is 9.39. The van der Waals surface area contributed by atoms with Crippen molar-refractivity contribution in [3.63, 3.8) is 0 Å². The molecule has 1 atom stereocenters. The predicted molar refractivity (Wildman–Crippen MR) is 122 cm³/mol. The molecule has 2 heterocycles.